The molecule has 1 aliphatic rings. The van der Waals surface area contributed by atoms with Gasteiger partial charge < -0.3 is 10.4 Å². The Hall–Kier alpha value is -2.10. The van der Waals surface area contributed by atoms with E-state index in [1.165, 1.54) is 6.08 Å². The molecule has 0 bridgehead atoms. The van der Waals surface area contributed by atoms with Crippen LogP contribution in [0.5, 0.6) is 0 Å². The summed E-state index contributed by atoms with van der Waals surface area (Å²) in [6, 6.07) is 9.59. The molecule has 0 radical (unpaired) electrons. The molecular formula is C17H21NO3. The third-order valence-electron chi connectivity index (χ3n) is 3.99. The highest BCUT2D eigenvalue weighted by molar-refractivity contribution is 5.91. The minimum Gasteiger partial charge on any atom is -0.481 e. The summed E-state index contributed by atoms with van der Waals surface area (Å²) in [5, 5.41) is 12.0. The van der Waals surface area contributed by atoms with E-state index in [9.17, 15) is 14.7 Å². The van der Waals surface area contributed by atoms with E-state index in [1.807, 2.05) is 30.3 Å². The van der Waals surface area contributed by atoms with Gasteiger partial charge in [0.2, 0.25) is 5.91 Å². The third-order valence-corrected chi connectivity index (χ3v) is 3.99. The van der Waals surface area contributed by atoms with Crippen molar-refractivity contribution in [2.75, 3.05) is 6.54 Å². The molecule has 1 amide bonds. The molecule has 2 atom stereocenters. The lowest BCUT2D eigenvalue weighted by Gasteiger charge is -2.28. The minimum atomic E-state index is -0.742. The first-order chi connectivity index (χ1) is 10.2. The molecule has 0 spiro atoms. The summed E-state index contributed by atoms with van der Waals surface area (Å²) in [4.78, 5) is 23.0. The van der Waals surface area contributed by atoms with Crippen molar-refractivity contribution in [3.63, 3.8) is 0 Å². The van der Waals surface area contributed by atoms with E-state index in [-0.39, 0.29) is 17.7 Å². The maximum atomic E-state index is 11.8. The molecule has 1 aromatic carbocycles. The highest BCUT2D eigenvalue weighted by Gasteiger charge is 2.30. The number of hydrogen-bond acceptors (Lipinski definition) is 2. The molecule has 1 fully saturated rings. The Morgan fingerprint density at radius 1 is 1.19 bits per heavy atom. The fraction of sp³-hybridized carbons (Fsp3) is 0.412. The van der Waals surface area contributed by atoms with E-state index in [4.69, 9.17) is 0 Å². The summed E-state index contributed by atoms with van der Waals surface area (Å²) in [5.74, 6) is -1.19. The van der Waals surface area contributed by atoms with Crippen molar-refractivity contribution in [2.45, 2.75) is 25.7 Å². The Morgan fingerprint density at radius 2 is 1.90 bits per heavy atom. The zero-order valence-electron chi connectivity index (χ0n) is 12.0. The topological polar surface area (TPSA) is 66.4 Å². The van der Waals surface area contributed by atoms with Crippen molar-refractivity contribution in [1.29, 1.82) is 0 Å². The number of rotatable bonds is 5. The molecule has 4 heteroatoms. The van der Waals surface area contributed by atoms with Crippen molar-refractivity contribution >= 4 is 18.0 Å². The number of hydrogen-bond donors (Lipinski definition) is 2. The normalized spacial score (nSPS) is 22.1. The number of carboxylic acids is 1. The van der Waals surface area contributed by atoms with Gasteiger partial charge in [-0.05, 0) is 30.4 Å². The van der Waals surface area contributed by atoms with E-state index < -0.39 is 5.97 Å². The number of nitrogens with one attached hydrogen (secondary N) is 1. The smallest absolute Gasteiger partial charge is 0.306 e. The summed E-state index contributed by atoms with van der Waals surface area (Å²) >= 11 is 0. The predicted molar refractivity (Wildman–Crippen MR) is 81.6 cm³/mol. The Bertz CT molecular complexity index is 510. The first kappa shape index (κ1) is 15.3. The van der Waals surface area contributed by atoms with Crippen LogP contribution in [-0.4, -0.2) is 23.5 Å². The van der Waals surface area contributed by atoms with Gasteiger partial charge in [0.15, 0.2) is 0 Å². The van der Waals surface area contributed by atoms with Crippen LogP contribution >= 0.6 is 0 Å². The first-order valence-corrected chi connectivity index (χ1v) is 7.40. The van der Waals surface area contributed by atoms with Gasteiger partial charge in [0.25, 0.3) is 0 Å². The van der Waals surface area contributed by atoms with Crippen LogP contribution in [-0.2, 0) is 9.59 Å². The van der Waals surface area contributed by atoms with E-state index in [1.54, 1.807) is 6.08 Å². The van der Waals surface area contributed by atoms with Gasteiger partial charge in [-0.1, -0.05) is 43.2 Å². The van der Waals surface area contributed by atoms with Crippen LogP contribution in [0.3, 0.4) is 0 Å². The molecule has 2 N–H and O–H groups in total. The fourth-order valence-electron chi connectivity index (χ4n) is 2.80. The van der Waals surface area contributed by atoms with Gasteiger partial charge in [-0.2, -0.15) is 0 Å². The first-order valence-electron chi connectivity index (χ1n) is 7.40. The van der Waals surface area contributed by atoms with Crippen LogP contribution in [0.15, 0.2) is 36.4 Å². The number of carboxylic acid groups (broad SMARTS) is 1. The summed E-state index contributed by atoms with van der Waals surface area (Å²) < 4.78 is 0. The second-order valence-corrected chi connectivity index (χ2v) is 5.48. The zero-order valence-corrected chi connectivity index (χ0v) is 12.0. The van der Waals surface area contributed by atoms with Crippen LogP contribution in [0.4, 0.5) is 0 Å². The number of amides is 1. The molecule has 0 heterocycles. The van der Waals surface area contributed by atoms with E-state index >= 15 is 0 Å². The molecule has 2 unspecified atom stereocenters. The molecule has 4 nitrogen and oxygen atoms in total. The lowest BCUT2D eigenvalue weighted by molar-refractivity contribution is -0.145. The minimum absolute atomic E-state index is 0.0466. The summed E-state index contributed by atoms with van der Waals surface area (Å²) in [6.45, 7) is 0.439. The number of aliphatic carboxylic acids is 1. The quantitative estimate of drug-likeness (QED) is 0.818. The maximum Gasteiger partial charge on any atom is 0.306 e. The lowest BCUT2D eigenvalue weighted by Crippen LogP contribution is -2.36. The van der Waals surface area contributed by atoms with Gasteiger partial charge in [-0.3, -0.25) is 9.59 Å². The molecule has 21 heavy (non-hydrogen) atoms. The van der Waals surface area contributed by atoms with Crippen molar-refractivity contribution in [1.82, 2.24) is 5.32 Å². The van der Waals surface area contributed by atoms with Crippen molar-refractivity contribution in [2.24, 2.45) is 11.8 Å². The standard InChI is InChI=1S/C17H21NO3/c19-16(11-10-13-6-2-1-3-7-13)18-12-14-8-4-5-9-15(14)17(20)21/h1-3,6-7,10-11,14-15H,4-5,8-9,12H2,(H,18,19)(H,20,21). The molecule has 0 aliphatic heterocycles. The van der Waals surface area contributed by atoms with E-state index in [0.29, 0.717) is 6.54 Å². The average molecular weight is 287 g/mol. The SMILES string of the molecule is O=C(C=Cc1ccccc1)NCC1CCCCC1C(=O)O. The molecule has 112 valence electrons. The van der Waals surface area contributed by atoms with Gasteiger partial charge >= 0.3 is 5.97 Å². The van der Waals surface area contributed by atoms with Crippen LogP contribution in [0.2, 0.25) is 0 Å². The molecule has 1 saturated carbocycles. The van der Waals surface area contributed by atoms with E-state index in [0.717, 1.165) is 31.2 Å². The van der Waals surface area contributed by atoms with Gasteiger partial charge in [-0.15, -0.1) is 0 Å². The van der Waals surface area contributed by atoms with Gasteiger partial charge in [-0.25, -0.2) is 0 Å². The van der Waals surface area contributed by atoms with Crippen molar-refractivity contribution < 1.29 is 14.7 Å². The Labute approximate surface area is 124 Å². The Kier molecular flexibility index (Phi) is 5.55. The molecular weight excluding hydrogens is 266 g/mol. The molecule has 2 rings (SSSR count). The van der Waals surface area contributed by atoms with Gasteiger partial charge in [0, 0.05) is 12.6 Å². The highest BCUT2D eigenvalue weighted by atomic mass is 16.4. The largest absolute Gasteiger partial charge is 0.481 e. The fourth-order valence-corrected chi connectivity index (χ4v) is 2.80. The number of carbonyl (C=O) groups excluding carboxylic acids is 1. The lowest BCUT2D eigenvalue weighted by atomic mass is 9.79. The summed E-state index contributed by atoms with van der Waals surface area (Å²) in [5.41, 5.74) is 0.966. The zero-order chi connectivity index (χ0) is 15.1. The third kappa shape index (κ3) is 4.74. The van der Waals surface area contributed by atoms with Gasteiger partial charge in [0.1, 0.15) is 0 Å². The predicted octanol–water partition coefficient (Wildman–Crippen LogP) is 2.71. The van der Waals surface area contributed by atoms with Gasteiger partial charge in [0.05, 0.1) is 5.92 Å². The van der Waals surface area contributed by atoms with Crippen LogP contribution in [0.1, 0.15) is 31.2 Å². The van der Waals surface area contributed by atoms with Crippen LogP contribution < -0.4 is 5.32 Å². The van der Waals surface area contributed by atoms with Crippen molar-refractivity contribution in [3.05, 3.63) is 42.0 Å². The highest BCUT2D eigenvalue weighted by Crippen LogP contribution is 2.29. The summed E-state index contributed by atoms with van der Waals surface area (Å²) in [7, 11) is 0. The molecule has 1 aromatic rings. The molecule has 1 aliphatic carbocycles. The second kappa shape index (κ2) is 7.62. The number of benzene rings is 1. The number of carbonyl (C=O) groups is 2. The van der Waals surface area contributed by atoms with Crippen molar-refractivity contribution in [3.8, 4) is 0 Å². The Morgan fingerprint density at radius 3 is 2.62 bits per heavy atom. The monoisotopic (exact) mass is 287 g/mol. The summed E-state index contributed by atoms with van der Waals surface area (Å²) in [6.07, 6.45) is 6.85. The van der Waals surface area contributed by atoms with Crippen LogP contribution in [0.25, 0.3) is 6.08 Å². The van der Waals surface area contributed by atoms with E-state index in [2.05, 4.69) is 5.32 Å². The maximum absolute atomic E-state index is 11.8. The average Bonchev–Trinajstić information content (AvgIpc) is 2.52. The second-order valence-electron chi connectivity index (χ2n) is 5.48. The molecule has 0 saturated heterocycles. The Balaban J connectivity index is 1.83. The molecule has 0 aromatic heterocycles. The van der Waals surface area contributed by atoms with Crippen LogP contribution in [0, 0.1) is 11.8 Å².